The number of nitrogens with zero attached hydrogens (tertiary/aromatic N) is 3. The minimum Gasteiger partial charge on any atom is -0.347 e. The lowest BCUT2D eigenvalue weighted by molar-refractivity contribution is -0.130. The molecule has 7 heteroatoms. The van der Waals surface area contributed by atoms with Gasteiger partial charge in [-0.05, 0) is 42.2 Å². The SMILES string of the molecule is CN=C(NCC(=O)N1CCc2sccc2C1)N1CCCC(C)C1.I. The van der Waals surface area contributed by atoms with Gasteiger partial charge in [-0.3, -0.25) is 9.79 Å². The van der Waals surface area contributed by atoms with Gasteiger partial charge in [-0.25, -0.2) is 0 Å². The summed E-state index contributed by atoms with van der Waals surface area (Å²) in [4.78, 5) is 22.5. The van der Waals surface area contributed by atoms with Crippen molar-refractivity contribution in [1.29, 1.82) is 0 Å². The summed E-state index contributed by atoms with van der Waals surface area (Å²) >= 11 is 1.80. The van der Waals surface area contributed by atoms with Crippen LogP contribution in [0.1, 0.15) is 30.2 Å². The van der Waals surface area contributed by atoms with E-state index in [1.165, 1.54) is 23.3 Å². The number of amides is 1. The number of hydrogen-bond acceptors (Lipinski definition) is 3. The molecule has 0 saturated carbocycles. The first kappa shape index (κ1) is 19.5. The Bertz CT molecular complexity index is 589. The lowest BCUT2D eigenvalue weighted by atomic mass is 10.0. The highest BCUT2D eigenvalue weighted by Crippen LogP contribution is 2.23. The molecule has 1 unspecified atom stereocenters. The Morgan fingerprint density at radius 1 is 1.42 bits per heavy atom. The number of carbonyl (C=O) groups is 1. The summed E-state index contributed by atoms with van der Waals surface area (Å²) < 4.78 is 0. The summed E-state index contributed by atoms with van der Waals surface area (Å²) in [7, 11) is 1.80. The van der Waals surface area contributed by atoms with Gasteiger partial charge >= 0.3 is 0 Å². The number of aliphatic imine (C=N–C) groups is 1. The van der Waals surface area contributed by atoms with Crippen molar-refractivity contribution in [3.8, 4) is 0 Å². The second-order valence-electron chi connectivity index (χ2n) is 6.53. The molecular weight excluding hydrogens is 435 g/mol. The highest BCUT2D eigenvalue weighted by Gasteiger charge is 2.23. The Morgan fingerprint density at radius 2 is 2.25 bits per heavy atom. The van der Waals surface area contributed by atoms with Gasteiger partial charge in [0.25, 0.3) is 0 Å². The van der Waals surface area contributed by atoms with Gasteiger partial charge in [-0.2, -0.15) is 0 Å². The van der Waals surface area contributed by atoms with Gasteiger partial charge in [0, 0.05) is 38.1 Å². The molecule has 24 heavy (non-hydrogen) atoms. The molecule has 2 aliphatic rings. The fourth-order valence-electron chi connectivity index (χ4n) is 3.44. The molecule has 134 valence electrons. The average Bonchev–Trinajstić information content (AvgIpc) is 3.03. The molecule has 0 spiro atoms. The molecule has 1 aromatic heterocycles. The van der Waals surface area contributed by atoms with Crippen molar-refractivity contribution in [2.24, 2.45) is 10.9 Å². The maximum absolute atomic E-state index is 12.5. The van der Waals surface area contributed by atoms with E-state index in [0.29, 0.717) is 12.5 Å². The van der Waals surface area contributed by atoms with E-state index in [0.717, 1.165) is 38.6 Å². The Balaban J connectivity index is 0.00000208. The number of piperidine rings is 1. The number of guanidine groups is 1. The van der Waals surface area contributed by atoms with Crippen molar-refractivity contribution in [3.63, 3.8) is 0 Å². The summed E-state index contributed by atoms with van der Waals surface area (Å²) in [5.41, 5.74) is 1.31. The fourth-order valence-corrected chi connectivity index (χ4v) is 4.33. The van der Waals surface area contributed by atoms with Gasteiger partial charge in [0.1, 0.15) is 0 Å². The molecule has 0 bridgehead atoms. The first-order chi connectivity index (χ1) is 11.2. The van der Waals surface area contributed by atoms with Crippen molar-refractivity contribution in [2.75, 3.05) is 33.2 Å². The molecule has 1 amide bonds. The van der Waals surface area contributed by atoms with Crippen LogP contribution in [0.3, 0.4) is 0 Å². The van der Waals surface area contributed by atoms with Crippen LogP contribution in [0, 0.1) is 5.92 Å². The molecule has 3 rings (SSSR count). The number of hydrogen-bond donors (Lipinski definition) is 1. The van der Waals surface area contributed by atoms with Crippen LogP contribution < -0.4 is 5.32 Å². The Morgan fingerprint density at radius 3 is 3.00 bits per heavy atom. The lowest BCUT2D eigenvalue weighted by Crippen LogP contribution is -2.49. The quantitative estimate of drug-likeness (QED) is 0.418. The van der Waals surface area contributed by atoms with E-state index >= 15 is 0 Å². The van der Waals surface area contributed by atoms with E-state index in [1.54, 1.807) is 18.4 Å². The molecule has 0 aliphatic carbocycles. The van der Waals surface area contributed by atoms with Crippen molar-refractivity contribution < 1.29 is 4.79 Å². The van der Waals surface area contributed by atoms with Gasteiger partial charge in [0.2, 0.25) is 5.91 Å². The predicted molar refractivity (Wildman–Crippen MR) is 110 cm³/mol. The number of likely N-dealkylation sites (tertiary alicyclic amines) is 1. The zero-order valence-corrected chi connectivity index (χ0v) is 17.6. The van der Waals surface area contributed by atoms with Crippen molar-refractivity contribution in [3.05, 3.63) is 21.9 Å². The number of rotatable bonds is 2. The molecule has 0 aromatic carbocycles. The molecule has 1 N–H and O–H groups in total. The smallest absolute Gasteiger partial charge is 0.242 e. The molecule has 1 atom stereocenters. The maximum atomic E-state index is 12.5. The summed E-state index contributed by atoms with van der Waals surface area (Å²) in [6, 6.07) is 2.14. The van der Waals surface area contributed by atoms with Gasteiger partial charge in [0.15, 0.2) is 5.96 Å². The van der Waals surface area contributed by atoms with E-state index in [1.807, 2.05) is 4.90 Å². The number of fused-ring (bicyclic) bond motifs is 1. The Kier molecular flexibility index (Phi) is 7.34. The third-order valence-corrected chi connectivity index (χ3v) is 5.75. The van der Waals surface area contributed by atoms with Gasteiger partial charge < -0.3 is 15.1 Å². The van der Waals surface area contributed by atoms with E-state index in [9.17, 15) is 4.79 Å². The number of carbonyl (C=O) groups excluding carboxylic acids is 1. The number of nitrogens with one attached hydrogen (secondary N) is 1. The van der Waals surface area contributed by atoms with Gasteiger partial charge in [0.05, 0.1) is 6.54 Å². The Hall–Kier alpha value is -0.830. The third-order valence-electron chi connectivity index (χ3n) is 4.73. The summed E-state index contributed by atoms with van der Waals surface area (Å²) in [5, 5.41) is 5.38. The third kappa shape index (κ3) is 4.62. The summed E-state index contributed by atoms with van der Waals surface area (Å²) in [6.07, 6.45) is 3.46. The normalized spacial score (nSPS) is 21.1. The van der Waals surface area contributed by atoms with Gasteiger partial charge in [-0.1, -0.05) is 6.92 Å². The molecule has 1 saturated heterocycles. The summed E-state index contributed by atoms with van der Waals surface area (Å²) in [6.45, 7) is 6.23. The monoisotopic (exact) mass is 462 g/mol. The molecule has 3 heterocycles. The van der Waals surface area contributed by atoms with Crippen molar-refractivity contribution in [1.82, 2.24) is 15.1 Å². The van der Waals surface area contributed by atoms with Crippen LogP contribution in [0.25, 0.3) is 0 Å². The zero-order chi connectivity index (χ0) is 16.2. The highest BCUT2D eigenvalue weighted by atomic mass is 127. The fraction of sp³-hybridized carbons (Fsp3) is 0.647. The lowest BCUT2D eigenvalue weighted by Gasteiger charge is -2.34. The topological polar surface area (TPSA) is 47.9 Å². The predicted octanol–water partition coefficient (Wildman–Crippen LogP) is 2.56. The molecule has 0 radical (unpaired) electrons. The van der Waals surface area contributed by atoms with Crippen LogP contribution in [0.5, 0.6) is 0 Å². The first-order valence-electron chi connectivity index (χ1n) is 8.46. The molecule has 2 aliphatic heterocycles. The average molecular weight is 462 g/mol. The molecule has 1 aromatic rings. The highest BCUT2D eigenvalue weighted by molar-refractivity contribution is 14.0. The van der Waals surface area contributed by atoms with Crippen molar-refractivity contribution in [2.45, 2.75) is 32.7 Å². The maximum Gasteiger partial charge on any atom is 0.242 e. The van der Waals surface area contributed by atoms with E-state index in [4.69, 9.17) is 0 Å². The van der Waals surface area contributed by atoms with E-state index < -0.39 is 0 Å². The Labute approximate surface area is 165 Å². The second-order valence-corrected chi connectivity index (χ2v) is 7.53. The van der Waals surface area contributed by atoms with Crippen LogP contribution in [0.15, 0.2) is 16.4 Å². The number of halogens is 1. The van der Waals surface area contributed by atoms with Crippen molar-refractivity contribution >= 4 is 47.2 Å². The van der Waals surface area contributed by atoms with Crippen LogP contribution in [-0.4, -0.2) is 54.9 Å². The zero-order valence-electron chi connectivity index (χ0n) is 14.5. The molecule has 5 nitrogen and oxygen atoms in total. The van der Waals surface area contributed by atoms with Gasteiger partial charge in [-0.15, -0.1) is 35.3 Å². The van der Waals surface area contributed by atoms with Crippen LogP contribution in [-0.2, 0) is 17.8 Å². The standard InChI is InChI=1S/C17H26N4OS.HI/c1-13-4-3-7-21(11-13)17(18-2)19-10-16(22)20-8-5-15-14(12-20)6-9-23-15;/h6,9,13H,3-5,7-8,10-12H2,1-2H3,(H,18,19);1H. The van der Waals surface area contributed by atoms with Crippen LogP contribution in [0.2, 0.25) is 0 Å². The molecular formula is C17H27IN4OS. The minimum atomic E-state index is 0. The number of thiophene rings is 1. The van der Waals surface area contributed by atoms with E-state index in [2.05, 4.69) is 33.6 Å². The second kappa shape index (κ2) is 9.03. The molecule has 1 fully saturated rings. The van der Waals surface area contributed by atoms with Crippen LogP contribution >= 0.6 is 35.3 Å². The minimum absolute atomic E-state index is 0. The largest absolute Gasteiger partial charge is 0.347 e. The van der Waals surface area contributed by atoms with E-state index in [-0.39, 0.29) is 29.9 Å². The first-order valence-corrected chi connectivity index (χ1v) is 9.34. The van der Waals surface area contributed by atoms with Crippen LogP contribution in [0.4, 0.5) is 0 Å². The summed E-state index contributed by atoms with van der Waals surface area (Å²) in [5.74, 6) is 1.71.